The van der Waals surface area contributed by atoms with Crippen molar-refractivity contribution in [1.29, 1.82) is 0 Å². The summed E-state index contributed by atoms with van der Waals surface area (Å²) >= 11 is 5.34. The Bertz CT molecular complexity index is 694. The fourth-order valence-corrected chi connectivity index (χ4v) is 2.58. The van der Waals surface area contributed by atoms with E-state index in [4.69, 9.17) is 12.2 Å². The first-order valence-electron chi connectivity index (χ1n) is 6.24. The van der Waals surface area contributed by atoms with E-state index in [1.807, 2.05) is 0 Å². The van der Waals surface area contributed by atoms with Gasteiger partial charge in [0.25, 0.3) is 0 Å². The summed E-state index contributed by atoms with van der Waals surface area (Å²) in [5, 5.41) is 3.28. The third-order valence-electron chi connectivity index (χ3n) is 3.39. The second-order valence-electron chi connectivity index (χ2n) is 4.74. The van der Waals surface area contributed by atoms with Crippen LogP contribution < -0.4 is 5.32 Å². The number of halogens is 1. The number of hydrogen-bond donors (Lipinski definition) is 2. The minimum absolute atomic E-state index is 0.204. The van der Waals surface area contributed by atoms with E-state index >= 15 is 0 Å². The zero-order valence-corrected chi connectivity index (χ0v) is 11.4. The Morgan fingerprint density at radius 2 is 2.21 bits per heavy atom. The highest BCUT2D eigenvalue weighted by molar-refractivity contribution is 7.71. The Balaban J connectivity index is 2.12. The molecule has 0 bridgehead atoms. The maximum atomic E-state index is 13.3. The molecule has 2 heterocycles. The van der Waals surface area contributed by atoms with Gasteiger partial charge in [-0.2, -0.15) is 0 Å². The van der Waals surface area contributed by atoms with Crippen molar-refractivity contribution in [2.24, 2.45) is 0 Å². The molecule has 2 N–H and O–H groups in total. The summed E-state index contributed by atoms with van der Waals surface area (Å²) in [6, 6.07) is 4.98. The van der Waals surface area contributed by atoms with Gasteiger partial charge in [-0.3, -0.25) is 0 Å². The first-order valence-corrected chi connectivity index (χ1v) is 6.65. The molecule has 0 aliphatic carbocycles. The number of H-pyrrole nitrogens is 1. The van der Waals surface area contributed by atoms with Crippen LogP contribution in [0.1, 0.15) is 16.8 Å². The third-order valence-corrected chi connectivity index (χ3v) is 3.73. The van der Waals surface area contributed by atoms with E-state index in [1.165, 1.54) is 6.07 Å². The van der Waals surface area contributed by atoms with Gasteiger partial charge >= 0.3 is 0 Å². The number of hydrogen-bond acceptors (Lipinski definition) is 3. The Labute approximate surface area is 115 Å². The number of nitrogens with zero attached hydrogens (tertiary/aromatic N) is 1. The molecular weight excluding hydrogens is 261 g/mol. The molecule has 1 aliphatic heterocycles. The van der Waals surface area contributed by atoms with Crippen molar-refractivity contribution in [2.45, 2.75) is 19.9 Å². The zero-order chi connectivity index (χ0) is 13.4. The fourth-order valence-electron chi connectivity index (χ4n) is 2.30. The predicted molar refractivity (Wildman–Crippen MR) is 75.0 cm³/mol. The number of aromatic amines is 1. The minimum Gasteiger partial charge on any atom is -0.343 e. The maximum absolute atomic E-state index is 13.3. The van der Waals surface area contributed by atoms with E-state index in [1.54, 1.807) is 19.1 Å². The monoisotopic (exact) mass is 275 g/mol. The van der Waals surface area contributed by atoms with Gasteiger partial charge in [0.05, 0.1) is 0 Å². The van der Waals surface area contributed by atoms with Crippen molar-refractivity contribution < 1.29 is 4.39 Å². The molecule has 19 heavy (non-hydrogen) atoms. The first kappa shape index (κ1) is 12.4. The number of nitrogens with one attached hydrogen (secondary N) is 2. The van der Waals surface area contributed by atoms with Crippen molar-refractivity contribution in [2.75, 3.05) is 6.54 Å². The summed E-state index contributed by atoms with van der Waals surface area (Å²) in [6.07, 6.45) is 0.911. The van der Waals surface area contributed by atoms with Crippen LogP contribution in [0.4, 0.5) is 4.39 Å². The molecule has 5 heteroatoms. The van der Waals surface area contributed by atoms with E-state index in [-0.39, 0.29) is 5.82 Å². The third kappa shape index (κ3) is 2.31. The summed E-state index contributed by atoms with van der Waals surface area (Å²) in [5.41, 5.74) is 3.68. The SMILES string of the molecule is Cc1cc(-c2nc(=S)c3c([nH]2)CCNC3)ccc1F. The molecule has 98 valence electrons. The zero-order valence-electron chi connectivity index (χ0n) is 10.6. The molecule has 0 fully saturated rings. The molecule has 0 saturated carbocycles. The fraction of sp³-hybridized carbons (Fsp3) is 0.286. The molecule has 1 aliphatic rings. The molecular formula is C14H14FN3S. The topological polar surface area (TPSA) is 40.7 Å². The van der Waals surface area contributed by atoms with Gasteiger partial charge < -0.3 is 10.3 Å². The second kappa shape index (κ2) is 4.83. The maximum Gasteiger partial charge on any atom is 0.139 e. The quantitative estimate of drug-likeness (QED) is 0.786. The molecule has 0 unspecified atom stereocenters. The van der Waals surface area contributed by atoms with Crippen molar-refractivity contribution in [3.05, 3.63) is 45.5 Å². The molecule has 2 aromatic rings. The number of benzene rings is 1. The Kier molecular flexibility index (Phi) is 3.16. The Morgan fingerprint density at radius 1 is 1.37 bits per heavy atom. The number of fused-ring (bicyclic) bond motifs is 1. The van der Waals surface area contributed by atoms with E-state index < -0.39 is 0 Å². The summed E-state index contributed by atoms with van der Waals surface area (Å²) in [6.45, 7) is 3.44. The number of aryl methyl sites for hydroxylation is 1. The van der Waals surface area contributed by atoms with Crippen molar-refractivity contribution in [3.63, 3.8) is 0 Å². The minimum atomic E-state index is -0.204. The molecule has 3 nitrogen and oxygen atoms in total. The Hall–Kier alpha value is -1.59. The van der Waals surface area contributed by atoms with Gasteiger partial charge in [-0.05, 0) is 30.7 Å². The molecule has 0 atom stereocenters. The van der Waals surface area contributed by atoms with Gasteiger partial charge in [-0.15, -0.1) is 0 Å². The molecule has 1 aromatic carbocycles. The second-order valence-corrected chi connectivity index (χ2v) is 5.13. The lowest BCUT2D eigenvalue weighted by Gasteiger charge is -2.17. The van der Waals surface area contributed by atoms with Gasteiger partial charge in [0.2, 0.25) is 0 Å². The predicted octanol–water partition coefficient (Wildman–Crippen LogP) is 2.90. The standard InChI is InChI=1S/C14H14FN3S/c1-8-6-9(2-3-11(8)15)13-17-12-4-5-16-7-10(12)14(19)18-13/h2-3,6,16H,4-5,7H2,1H3,(H,17,18,19). The first-order chi connectivity index (χ1) is 9.15. The van der Waals surface area contributed by atoms with Gasteiger partial charge in [0.15, 0.2) is 0 Å². The van der Waals surface area contributed by atoms with Crippen LogP contribution in [0.2, 0.25) is 0 Å². The Morgan fingerprint density at radius 3 is 3.00 bits per heavy atom. The lowest BCUT2D eigenvalue weighted by atomic mass is 10.1. The lowest BCUT2D eigenvalue weighted by Crippen LogP contribution is -2.25. The highest BCUT2D eigenvalue weighted by Crippen LogP contribution is 2.21. The van der Waals surface area contributed by atoms with Gasteiger partial charge in [-0.1, -0.05) is 12.2 Å². The van der Waals surface area contributed by atoms with Crippen LogP contribution in [-0.2, 0) is 13.0 Å². The van der Waals surface area contributed by atoms with Crippen LogP contribution in [0.3, 0.4) is 0 Å². The molecule has 0 saturated heterocycles. The molecule has 1 aromatic heterocycles. The van der Waals surface area contributed by atoms with Crippen LogP contribution in [0.5, 0.6) is 0 Å². The van der Waals surface area contributed by atoms with Crippen LogP contribution in [0, 0.1) is 17.4 Å². The highest BCUT2D eigenvalue weighted by atomic mass is 32.1. The average molecular weight is 275 g/mol. The van der Waals surface area contributed by atoms with Crippen molar-refractivity contribution in [1.82, 2.24) is 15.3 Å². The van der Waals surface area contributed by atoms with Crippen molar-refractivity contribution in [3.8, 4) is 11.4 Å². The van der Waals surface area contributed by atoms with Crippen LogP contribution in [-0.4, -0.2) is 16.5 Å². The molecule has 0 amide bonds. The highest BCUT2D eigenvalue weighted by Gasteiger charge is 2.13. The molecule has 0 radical (unpaired) electrons. The van der Waals surface area contributed by atoms with Crippen LogP contribution >= 0.6 is 12.2 Å². The van der Waals surface area contributed by atoms with Crippen LogP contribution in [0.25, 0.3) is 11.4 Å². The van der Waals surface area contributed by atoms with Gasteiger partial charge in [0.1, 0.15) is 16.3 Å². The normalized spacial score (nSPS) is 14.2. The van der Waals surface area contributed by atoms with Gasteiger partial charge in [0, 0.05) is 36.3 Å². The van der Waals surface area contributed by atoms with Gasteiger partial charge in [-0.25, -0.2) is 9.37 Å². The number of aromatic nitrogens is 2. The molecule has 0 spiro atoms. The van der Waals surface area contributed by atoms with Crippen molar-refractivity contribution >= 4 is 12.2 Å². The van der Waals surface area contributed by atoms with E-state index in [9.17, 15) is 4.39 Å². The largest absolute Gasteiger partial charge is 0.343 e. The smallest absolute Gasteiger partial charge is 0.139 e. The van der Waals surface area contributed by atoms with Crippen LogP contribution in [0.15, 0.2) is 18.2 Å². The van der Waals surface area contributed by atoms with E-state index in [2.05, 4.69) is 15.3 Å². The number of rotatable bonds is 1. The average Bonchev–Trinajstić information content (AvgIpc) is 2.42. The molecule has 3 rings (SSSR count). The summed E-state index contributed by atoms with van der Waals surface area (Å²) < 4.78 is 13.9. The summed E-state index contributed by atoms with van der Waals surface area (Å²) in [5.74, 6) is 0.512. The van der Waals surface area contributed by atoms with E-state index in [0.29, 0.717) is 16.0 Å². The summed E-state index contributed by atoms with van der Waals surface area (Å²) in [7, 11) is 0. The lowest BCUT2D eigenvalue weighted by molar-refractivity contribution is 0.618. The summed E-state index contributed by atoms with van der Waals surface area (Å²) in [4.78, 5) is 7.75. The van der Waals surface area contributed by atoms with E-state index in [0.717, 1.165) is 36.3 Å².